The average Bonchev–Trinajstić information content (AvgIpc) is 2.96. The molecule has 116 valence electrons. The van der Waals surface area contributed by atoms with Crippen molar-refractivity contribution in [3.63, 3.8) is 0 Å². The summed E-state index contributed by atoms with van der Waals surface area (Å²) >= 11 is 6.32. The molecule has 3 rings (SSSR count). The summed E-state index contributed by atoms with van der Waals surface area (Å²) in [6.07, 6.45) is 5.00. The van der Waals surface area contributed by atoms with Crippen LogP contribution in [0.3, 0.4) is 0 Å². The first-order chi connectivity index (χ1) is 10.6. The summed E-state index contributed by atoms with van der Waals surface area (Å²) in [6.45, 7) is 3.03. The predicted molar refractivity (Wildman–Crippen MR) is 90.4 cm³/mol. The molecule has 0 bridgehead atoms. The molecule has 2 aromatic rings. The van der Waals surface area contributed by atoms with Crippen LogP contribution in [0.25, 0.3) is 0 Å². The molecule has 0 unspecified atom stereocenters. The zero-order valence-electron chi connectivity index (χ0n) is 13.0. The number of halogens is 1. The number of hydrogen-bond acceptors (Lipinski definition) is 4. The van der Waals surface area contributed by atoms with Gasteiger partial charge < -0.3 is 4.90 Å². The molecule has 1 aliphatic rings. The Bertz CT molecular complexity index is 627. The summed E-state index contributed by atoms with van der Waals surface area (Å²) in [5, 5.41) is 0.882. The van der Waals surface area contributed by atoms with E-state index in [0.717, 1.165) is 42.6 Å². The zero-order valence-corrected chi connectivity index (χ0v) is 13.8. The molecule has 0 saturated carbocycles. The Balaban J connectivity index is 1.62. The van der Waals surface area contributed by atoms with Gasteiger partial charge in [-0.1, -0.05) is 29.8 Å². The highest BCUT2D eigenvalue weighted by atomic mass is 35.5. The van der Waals surface area contributed by atoms with Crippen molar-refractivity contribution in [2.75, 3.05) is 32.1 Å². The van der Waals surface area contributed by atoms with Crippen LogP contribution >= 0.6 is 11.6 Å². The van der Waals surface area contributed by atoms with Gasteiger partial charge in [0, 0.05) is 50.2 Å². The van der Waals surface area contributed by atoms with E-state index in [2.05, 4.69) is 27.0 Å². The van der Waals surface area contributed by atoms with Crippen molar-refractivity contribution in [2.45, 2.75) is 18.9 Å². The molecule has 4 nitrogen and oxygen atoms in total. The molecular weight excluding hydrogens is 296 g/mol. The van der Waals surface area contributed by atoms with Crippen LogP contribution in [0.15, 0.2) is 36.7 Å². The molecule has 1 aliphatic heterocycles. The smallest absolute Gasteiger partial charge is 0.224 e. The third-order valence-corrected chi connectivity index (χ3v) is 4.46. The molecule has 0 amide bonds. The van der Waals surface area contributed by atoms with Gasteiger partial charge in [-0.05, 0) is 30.5 Å². The van der Waals surface area contributed by atoms with Gasteiger partial charge in [0.2, 0.25) is 5.95 Å². The fraction of sp³-hybridized carbons (Fsp3) is 0.412. The van der Waals surface area contributed by atoms with E-state index in [1.54, 1.807) is 0 Å². The van der Waals surface area contributed by atoms with E-state index in [1.807, 2.05) is 43.5 Å². The second kappa shape index (κ2) is 6.63. The summed E-state index contributed by atoms with van der Waals surface area (Å²) in [4.78, 5) is 13.1. The monoisotopic (exact) mass is 316 g/mol. The normalized spacial score (nSPS) is 18.6. The lowest BCUT2D eigenvalue weighted by Gasteiger charge is -2.17. The minimum absolute atomic E-state index is 0.524. The van der Waals surface area contributed by atoms with E-state index in [1.165, 1.54) is 5.56 Å². The Labute approximate surface area is 136 Å². The number of anilines is 1. The van der Waals surface area contributed by atoms with Crippen molar-refractivity contribution in [2.24, 2.45) is 0 Å². The van der Waals surface area contributed by atoms with Gasteiger partial charge in [-0.15, -0.1) is 0 Å². The molecular formula is C17H21ClN4. The van der Waals surface area contributed by atoms with Crippen LogP contribution in [-0.2, 0) is 6.54 Å². The lowest BCUT2D eigenvalue weighted by molar-refractivity contribution is 0.326. The van der Waals surface area contributed by atoms with Crippen LogP contribution in [0.1, 0.15) is 23.5 Å². The van der Waals surface area contributed by atoms with Gasteiger partial charge in [0.1, 0.15) is 0 Å². The minimum Gasteiger partial charge on any atom is -0.347 e. The quantitative estimate of drug-likeness (QED) is 0.867. The van der Waals surface area contributed by atoms with Crippen LogP contribution < -0.4 is 4.90 Å². The van der Waals surface area contributed by atoms with E-state index in [9.17, 15) is 0 Å². The number of hydrogen-bond donors (Lipinski definition) is 0. The second-order valence-electron chi connectivity index (χ2n) is 6.03. The van der Waals surface area contributed by atoms with Gasteiger partial charge in [0.15, 0.2) is 0 Å². The Morgan fingerprint density at radius 2 is 1.95 bits per heavy atom. The van der Waals surface area contributed by atoms with Gasteiger partial charge in [0.05, 0.1) is 0 Å². The van der Waals surface area contributed by atoms with Gasteiger partial charge >= 0.3 is 0 Å². The topological polar surface area (TPSA) is 32.3 Å². The predicted octanol–water partition coefficient (Wildman–Crippen LogP) is 3.19. The summed E-state index contributed by atoms with van der Waals surface area (Å²) in [5.41, 5.74) is 2.43. The van der Waals surface area contributed by atoms with Gasteiger partial charge in [-0.25, -0.2) is 9.97 Å². The second-order valence-corrected chi connectivity index (χ2v) is 6.44. The maximum Gasteiger partial charge on any atom is 0.224 e. The van der Waals surface area contributed by atoms with E-state index >= 15 is 0 Å². The van der Waals surface area contributed by atoms with E-state index in [4.69, 9.17) is 11.6 Å². The third kappa shape index (κ3) is 3.39. The van der Waals surface area contributed by atoms with Crippen LogP contribution in [-0.4, -0.2) is 42.1 Å². The molecule has 1 aromatic carbocycles. The highest BCUT2D eigenvalue weighted by Gasteiger charge is 2.25. The number of nitrogens with zero attached hydrogens (tertiary/aromatic N) is 4. The summed E-state index contributed by atoms with van der Waals surface area (Å²) in [5.74, 6) is 1.27. The van der Waals surface area contributed by atoms with Crippen LogP contribution in [0.5, 0.6) is 0 Å². The Morgan fingerprint density at radius 1 is 1.23 bits per heavy atom. The van der Waals surface area contributed by atoms with Crippen molar-refractivity contribution in [1.29, 1.82) is 0 Å². The minimum atomic E-state index is 0.524. The van der Waals surface area contributed by atoms with Crippen molar-refractivity contribution in [3.8, 4) is 0 Å². The van der Waals surface area contributed by atoms with E-state index in [-0.39, 0.29) is 0 Å². The summed E-state index contributed by atoms with van der Waals surface area (Å²) in [6, 6.07) is 8.18. The molecule has 1 saturated heterocycles. The number of likely N-dealkylation sites (tertiary alicyclic amines) is 1. The molecule has 1 aromatic heterocycles. The van der Waals surface area contributed by atoms with Crippen molar-refractivity contribution >= 4 is 17.5 Å². The van der Waals surface area contributed by atoms with Gasteiger partial charge in [-0.3, -0.25) is 4.90 Å². The maximum absolute atomic E-state index is 6.32. The molecule has 0 radical (unpaired) electrons. The number of rotatable bonds is 4. The molecule has 22 heavy (non-hydrogen) atoms. The van der Waals surface area contributed by atoms with Crippen molar-refractivity contribution in [3.05, 3.63) is 52.8 Å². The standard InChI is InChI=1S/C17H21ClN4/c1-21(2)17-19-9-13(10-20-17)11-22-8-7-14(12-22)15-5-3-4-6-16(15)18/h3-6,9-10,14H,7-8,11-12H2,1-2H3/t14-/m1/s1. The lowest BCUT2D eigenvalue weighted by Crippen LogP contribution is -2.20. The first kappa shape index (κ1) is 15.3. The highest BCUT2D eigenvalue weighted by Crippen LogP contribution is 2.32. The molecule has 1 fully saturated rings. The molecule has 2 heterocycles. The van der Waals surface area contributed by atoms with Crippen molar-refractivity contribution in [1.82, 2.24) is 14.9 Å². The fourth-order valence-electron chi connectivity index (χ4n) is 2.96. The Hall–Kier alpha value is -1.65. The summed E-state index contributed by atoms with van der Waals surface area (Å²) < 4.78 is 0. The number of aromatic nitrogens is 2. The highest BCUT2D eigenvalue weighted by molar-refractivity contribution is 6.31. The maximum atomic E-state index is 6.32. The van der Waals surface area contributed by atoms with E-state index < -0.39 is 0 Å². The lowest BCUT2D eigenvalue weighted by atomic mass is 9.98. The van der Waals surface area contributed by atoms with Crippen LogP contribution in [0.4, 0.5) is 5.95 Å². The van der Waals surface area contributed by atoms with Crippen molar-refractivity contribution < 1.29 is 0 Å². The first-order valence-corrected chi connectivity index (χ1v) is 7.96. The largest absolute Gasteiger partial charge is 0.347 e. The molecule has 0 spiro atoms. The average molecular weight is 317 g/mol. The molecule has 0 N–H and O–H groups in total. The molecule has 0 aliphatic carbocycles. The fourth-order valence-corrected chi connectivity index (χ4v) is 3.25. The third-order valence-electron chi connectivity index (χ3n) is 4.12. The SMILES string of the molecule is CN(C)c1ncc(CN2CC[C@@H](c3ccccc3Cl)C2)cn1. The Kier molecular flexibility index (Phi) is 4.60. The molecule has 5 heteroatoms. The summed E-state index contributed by atoms with van der Waals surface area (Å²) in [7, 11) is 3.90. The van der Waals surface area contributed by atoms with E-state index in [0.29, 0.717) is 5.92 Å². The first-order valence-electron chi connectivity index (χ1n) is 7.58. The van der Waals surface area contributed by atoms with Gasteiger partial charge in [-0.2, -0.15) is 0 Å². The number of benzene rings is 1. The van der Waals surface area contributed by atoms with Gasteiger partial charge in [0.25, 0.3) is 0 Å². The zero-order chi connectivity index (χ0) is 15.5. The van der Waals surface area contributed by atoms with Crippen LogP contribution in [0, 0.1) is 0 Å². The Morgan fingerprint density at radius 3 is 2.64 bits per heavy atom. The molecule has 1 atom stereocenters. The van der Waals surface area contributed by atoms with Crippen LogP contribution in [0.2, 0.25) is 5.02 Å².